The minimum atomic E-state index is 0.000832. The average molecular weight is 249 g/mol. The number of likely N-dealkylation sites (tertiary alicyclic amines) is 1. The Kier molecular flexibility index (Phi) is 4.20. The van der Waals surface area contributed by atoms with Gasteiger partial charge in [0.15, 0.2) is 0 Å². The molecule has 3 nitrogen and oxygen atoms in total. The van der Waals surface area contributed by atoms with Crippen LogP contribution in [0.4, 0.5) is 0 Å². The van der Waals surface area contributed by atoms with Crippen LogP contribution in [0.25, 0.3) is 0 Å². The Balaban J connectivity index is 1.96. The quantitative estimate of drug-likeness (QED) is 0.565. The van der Waals surface area contributed by atoms with Crippen LogP contribution in [-0.2, 0) is 9.59 Å². The van der Waals surface area contributed by atoms with E-state index in [-0.39, 0.29) is 17.2 Å². The Morgan fingerprint density at radius 3 is 2.33 bits per heavy atom. The van der Waals surface area contributed by atoms with Gasteiger partial charge in [-0.05, 0) is 24.7 Å². The molecule has 18 heavy (non-hydrogen) atoms. The number of hydrogen-bond donors (Lipinski definition) is 0. The van der Waals surface area contributed by atoms with Crippen molar-refractivity contribution >= 4 is 11.8 Å². The first-order chi connectivity index (χ1) is 8.67. The first kappa shape index (κ1) is 13.3. The van der Waals surface area contributed by atoms with Crippen molar-refractivity contribution < 1.29 is 9.59 Å². The van der Waals surface area contributed by atoms with Crippen LogP contribution in [0.15, 0.2) is 12.3 Å². The fourth-order valence-electron chi connectivity index (χ4n) is 3.16. The second-order valence-electron chi connectivity index (χ2n) is 5.75. The molecule has 0 atom stereocenters. The molecule has 0 aromatic carbocycles. The highest BCUT2D eigenvalue weighted by Gasteiger charge is 2.44. The molecule has 3 heteroatoms. The van der Waals surface area contributed by atoms with Crippen molar-refractivity contribution in [2.24, 2.45) is 5.41 Å². The average Bonchev–Trinajstić information content (AvgIpc) is 2.75. The summed E-state index contributed by atoms with van der Waals surface area (Å²) in [6, 6.07) is 0. The van der Waals surface area contributed by atoms with Gasteiger partial charge in [0, 0.05) is 19.0 Å². The van der Waals surface area contributed by atoms with Gasteiger partial charge in [0.25, 0.3) is 0 Å². The first-order valence-corrected chi connectivity index (χ1v) is 7.18. The van der Waals surface area contributed by atoms with Crippen molar-refractivity contribution in [1.29, 1.82) is 0 Å². The summed E-state index contributed by atoms with van der Waals surface area (Å²) in [4.78, 5) is 25.5. The monoisotopic (exact) mass is 249 g/mol. The summed E-state index contributed by atoms with van der Waals surface area (Å²) in [6.45, 7) is 2.13. The zero-order valence-corrected chi connectivity index (χ0v) is 11.3. The molecule has 1 saturated heterocycles. The molecule has 1 aliphatic heterocycles. The molecule has 0 radical (unpaired) electrons. The van der Waals surface area contributed by atoms with Crippen LogP contribution in [0.5, 0.6) is 0 Å². The molecular formula is C15H23NO2. The molecule has 0 aromatic rings. The molecule has 2 fully saturated rings. The third-order valence-electron chi connectivity index (χ3n) is 4.23. The number of allylic oxidation sites excluding steroid dienone is 1. The first-order valence-electron chi connectivity index (χ1n) is 7.18. The van der Waals surface area contributed by atoms with Gasteiger partial charge in [-0.1, -0.05) is 38.7 Å². The molecule has 0 N–H and O–H groups in total. The Hall–Kier alpha value is -1.12. The number of rotatable bonds is 4. The van der Waals surface area contributed by atoms with Gasteiger partial charge in [-0.2, -0.15) is 0 Å². The third kappa shape index (κ3) is 2.82. The van der Waals surface area contributed by atoms with E-state index in [1.165, 1.54) is 17.7 Å². The van der Waals surface area contributed by atoms with E-state index in [2.05, 4.69) is 6.92 Å². The largest absolute Gasteiger partial charge is 0.274 e. The van der Waals surface area contributed by atoms with E-state index >= 15 is 0 Å². The number of imide groups is 1. The summed E-state index contributed by atoms with van der Waals surface area (Å²) in [5.74, 6) is 0.00166. The predicted octanol–water partition coefficient (Wildman–Crippen LogP) is 3.40. The van der Waals surface area contributed by atoms with Crippen molar-refractivity contribution in [3.63, 3.8) is 0 Å². The molecule has 2 aliphatic rings. The van der Waals surface area contributed by atoms with E-state index < -0.39 is 0 Å². The molecule has 2 amide bonds. The number of amides is 2. The van der Waals surface area contributed by atoms with Gasteiger partial charge in [-0.3, -0.25) is 14.5 Å². The predicted molar refractivity (Wildman–Crippen MR) is 70.7 cm³/mol. The Labute approximate surface area is 109 Å². The fraction of sp³-hybridized carbons (Fsp3) is 0.733. The highest BCUT2D eigenvalue weighted by Crippen LogP contribution is 2.46. The van der Waals surface area contributed by atoms with E-state index in [9.17, 15) is 9.59 Å². The lowest BCUT2D eigenvalue weighted by molar-refractivity contribution is -0.149. The van der Waals surface area contributed by atoms with Crippen LogP contribution in [0.3, 0.4) is 0 Å². The molecule has 1 spiro atoms. The number of hydrogen-bond acceptors (Lipinski definition) is 2. The van der Waals surface area contributed by atoms with Crippen molar-refractivity contribution in [2.75, 3.05) is 0 Å². The fourth-order valence-corrected chi connectivity index (χ4v) is 3.16. The second-order valence-corrected chi connectivity index (χ2v) is 5.75. The highest BCUT2D eigenvalue weighted by molar-refractivity contribution is 5.99. The SMILES string of the molecule is CCCCC=CN1C(=O)CC2(CCCC2)CC1=O. The summed E-state index contributed by atoms with van der Waals surface area (Å²) >= 11 is 0. The maximum Gasteiger partial charge on any atom is 0.233 e. The van der Waals surface area contributed by atoms with Crippen molar-refractivity contribution in [1.82, 2.24) is 4.90 Å². The highest BCUT2D eigenvalue weighted by atomic mass is 16.2. The van der Waals surface area contributed by atoms with E-state index in [0.29, 0.717) is 12.8 Å². The summed E-state index contributed by atoms with van der Waals surface area (Å²) in [7, 11) is 0. The van der Waals surface area contributed by atoms with Crippen molar-refractivity contribution in [2.45, 2.75) is 64.7 Å². The third-order valence-corrected chi connectivity index (χ3v) is 4.23. The van der Waals surface area contributed by atoms with E-state index in [4.69, 9.17) is 0 Å². The Morgan fingerprint density at radius 2 is 1.78 bits per heavy atom. The summed E-state index contributed by atoms with van der Waals surface area (Å²) in [5, 5.41) is 0. The standard InChI is InChI=1S/C15H23NO2/c1-2-3-4-7-10-16-13(17)11-15(12-14(16)18)8-5-6-9-15/h7,10H,2-6,8-9,11-12H2,1H3. The zero-order chi connectivity index (χ0) is 13.0. The van der Waals surface area contributed by atoms with E-state index in [0.717, 1.165) is 32.1 Å². The molecule has 0 bridgehead atoms. The molecule has 0 aromatic heterocycles. The lowest BCUT2D eigenvalue weighted by atomic mass is 9.76. The summed E-state index contributed by atoms with van der Waals surface area (Å²) < 4.78 is 0. The summed E-state index contributed by atoms with van der Waals surface area (Å²) in [5.41, 5.74) is 0.0158. The summed E-state index contributed by atoms with van der Waals surface area (Å²) in [6.07, 6.45) is 12.4. The molecule has 1 saturated carbocycles. The number of piperidine rings is 1. The van der Waals surface area contributed by atoms with Crippen LogP contribution in [-0.4, -0.2) is 16.7 Å². The van der Waals surface area contributed by atoms with Gasteiger partial charge in [-0.15, -0.1) is 0 Å². The van der Waals surface area contributed by atoms with Gasteiger partial charge >= 0.3 is 0 Å². The van der Waals surface area contributed by atoms with Crippen LogP contribution < -0.4 is 0 Å². The van der Waals surface area contributed by atoms with Crippen LogP contribution in [0, 0.1) is 5.41 Å². The van der Waals surface area contributed by atoms with Crippen molar-refractivity contribution in [3.05, 3.63) is 12.3 Å². The van der Waals surface area contributed by atoms with Gasteiger partial charge < -0.3 is 0 Å². The minimum Gasteiger partial charge on any atom is -0.274 e. The zero-order valence-electron chi connectivity index (χ0n) is 11.3. The Bertz CT molecular complexity index is 334. The molecule has 1 heterocycles. The molecular weight excluding hydrogens is 226 g/mol. The van der Waals surface area contributed by atoms with Crippen LogP contribution >= 0.6 is 0 Å². The molecule has 100 valence electrons. The minimum absolute atomic E-state index is 0.000832. The van der Waals surface area contributed by atoms with Crippen molar-refractivity contribution in [3.8, 4) is 0 Å². The molecule has 2 rings (SSSR count). The lowest BCUT2D eigenvalue weighted by Gasteiger charge is -2.35. The smallest absolute Gasteiger partial charge is 0.233 e. The molecule has 0 unspecified atom stereocenters. The maximum atomic E-state index is 12.1. The van der Waals surface area contributed by atoms with Gasteiger partial charge in [-0.25, -0.2) is 0 Å². The number of nitrogens with zero attached hydrogens (tertiary/aromatic N) is 1. The Morgan fingerprint density at radius 1 is 1.17 bits per heavy atom. The van der Waals surface area contributed by atoms with Gasteiger partial charge in [0.2, 0.25) is 11.8 Å². The van der Waals surface area contributed by atoms with E-state index in [1.807, 2.05) is 6.08 Å². The number of carbonyl (C=O) groups excluding carboxylic acids is 2. The topological polar surface area (TPSA) is 37.4 Å². The number of carbonyl (C=O) groups is 2. The van der Waals surface area contributed by atoms with Crippen LogP contribution in [0.1, 0.15) is 64.7 Å². The van der Waals surface area contributed by atoms with Gasteiger partial charge in [0.05, 0.1) is 0 Å². The molecule has 1 aliphatic carbocycles. The van der Waals surface area contributed by atoms with Crippen LogP contribution in [0.2, 0.25) is 0 Å². The lowest BCUT2D eigenvalue weighted by Crippen LogP contribution is -2.44. The van der Waals surface area contributed by atoms with Gasteiger partial charge in [0.1, 0.15) is 0 Å². The normalized spacial score (nSPS) is 23.5. The second kappa shape index (κ2) is 5.68. The number of unbranched alkanes of at least 4 members (excludes halogenated alkanes) is 2. The van der Waals surface area contributed by atoms with E-state index in [1.54, 1.807) is 6.20 Å². The maximum absolute atomic E-state index is 12.1.